The van der Waals surface area contributed by atoms with Gasteiger partial charge in [0.05, 0.1) is 7.82 Å². The normalized spacial score (nSPS) is 32.3. The number of phosphoric ester groups is 1. The van der Waals surface area contributed by atoms with Crippen LogP contribution in [0, 0.1) is 5.41 Å². The fraction of sp³-hybridized carbons (Fsp3) is 0.556. The molecule has 0 radical (unpaired) electrons. The number of nitrogens with zero attached hydrogens (tertiary/aromatic N) is 2. The molecule has 3 heterocycles. The Kier molecular flexibility index (Phi) is 5.80. The Labute approximate surface area is 165 Å². The number of amidine groups is 1. The quantitative estimate of drug-likeness (QED) is 0.136. The number of ether oxygens (including phenoxy) is 1. The number of aromatic nitrogens is 2. The number of aliphatic hydroxyl groups excluding tert-OH is 2. The molecule has 7 N–H and O–H groups in total. The number of fused-ring (bicyclic) bond motifs is 4. The SMILES string of the molecule is N=C(N)c1nc2n(c1N)C1OC(C2OP(=O)([O-])OP(=O)([O-])OP(=O)([O-])[O-])C(O)C1O. The number of hydrogen-bond donors (Lipinski definition) is 5. The van der Waals surface area contributed by atoms with Gasteiger partial charge >= 0.3 is 0 Å². The predicted octanol–water partition coefficient (Wildman–Crippen LogP) is -4.76. The summed E-state index contributed by atoms with van der Waals surface area (Å²) < 4.78 is 50.9. The number of phosphoric acid groups is 3. The van der Waals surface area contributed by atoms with E-state index < -0.39 is 65.8 Å². The minimum absolute atomic E-state index is 0.366. The van der Waals surface area contributed by atoms with Crippen LogP contribution >= 0.6 is 23.5 Å². The van der Waals surface area contributed by atoms with Crippen LogP contribution < -0.4 is 31.0 Å². The Bertz CT molecular complexity index is 1020. The standard InChI is InChI=1S/C9H16N5O13P3/c10-6(11)1-7(12)14-8(13-1)5(4-2(15)3(16)9(14)24-4)25-29(20,21)27-30(22,23)26-28(17,18)19/h2-5,9,15-16H,12H2,(H3,10,11)(H,20,21)(H,22,23)(H2,17,18,19)/p-4. The van der Waals surface area contributed by atoms with Crippen LogP contribution in [0.5, 0.6) is 0 Å². The van der Waals surface area contributed by atoms with Gasteiger partial charge in [-0.3, -0.25) is 23.4 Å². The summed E-state index contributed by atoms with van der Waals surface area (Å²) in [7, 11) is -18.5. The first kappa shape index (κ1) is 23.4. The van der Waals surface area contributed by atoms with Gasteiger partial charge in [-0.15, -0.1) is 0 Å². The summed E-state index contributed by atoms with van der Waals surface area (Å²) in [5, 5.41) is 27.6. The van der Waals surface area contributed by atoms with Crippen molar-refractivity contribution in [1.29, 1.82) is 5.41 Å². The Morgan fingerprint density at radius 1 is 1.13 bits per heavy atom. The lowest BCUT2D eigenvalue weighted by molar-refractivity contribution is -0.339. The zero-order valence-corrected chi connectivity index (χ0v) is 16.8. The molecule has 1 aromatic heterocycles. The predicted molar refractivity (Wildman–Crippen MR) is 82.4 cm³/mol. The lowest BCUT2D eigenvalue weighted by Gasteiger charge is -2.39. The summed E-state index contributed by atoms with van der Waals surface area (Å²) >= 11 is 0. The highest BCUT2D eigenvalue weighted by molar-refractivity contribution is 7.64. The maximum absolute atomic E-state index is 12.0. The number of rotatable bonds is 7. The van der Waals surface area contributed by atoms with Crippen molar-refractivity contribution in [3.05, 3.63) is 11.5 Å². The molecule has 1 fully saturated rings. The Morgan fingerprint density at radius 2 is 1.73 bits per heavy atom. The Morgan fingerprint density at radius 3 is 2.27 bits per heavy atom. The number of anilines is 1. The van der Waals surface area contributed by atoms with E-state index in [0.717, 1.165) is 4.57 Å². The molecule has 0 aliphatic carbocycles. The first-order valence-corrected chi connectivity index (χ1v) is 11.9. The Hall–Kier alpha value is -1.23. The van der Waals surface area contributed by atoms with Gasteiger partial charge in [-0.2, -0.15) is 0 Å². The number of nitrogens with one attached hydrogen (secondary N) is 1. The number of hydrogen-bond acceptors (Lipinski definition) is 16. The molecule has 7 atom stereocenters. The van der Waals surface area contributed by atoms with E-state index in [1.165, 1.54) is 0 Å². The fourth-order valence-corrected chi connectivity index (χ4v) is 5.94. The summed E-state index contributed by atoms with van der Waals surface area (Å²) in [4.78, 5) is 47.9. The molecule has 30 heavy (non-hydrogen) atoms. The third-order valence-corrected chi connectivity index (χ3v) is 7.64. The number of imidazole rings is 1. The minimum Gasteiger partial charge on any atom is -0.790 e. The van der Waals surface area contributed by atoms with E-state index in [1.807, 2.05) is 0 Å². The van der Waals surface area contributed by atoms with Crippen LogP contribution in [0.25, 0.3) is 0 Å². The molecule has 1 saturated heterocycles. The number of nitrogens with two attached hydrogens (primary N) is 2. The summed E-state index contributed by atoms with van der Waals surface area (Å²) in [6.07, 6.45) is -8.49. The highest BCUT2D eigenvalue weighted by Gasteiger charge is 2.56. The third-order valence-electron chi connectivity index (χ3n) is 3.96. The van der Waals surface area contributed by atoms with Crippen LogP contribution in [0.2, 0.25) is 0 Å². The van der Waals surface area contributed by atoms with Crippen LogP contribution in [-0.2, 0) is 31.6 Å². The van der Waals surface area contributed by atoms with Crippen LogP contribution in [0.1, 0.15) is 23.9 Å². The van der Waals surface area contributed by atoms with E-state index in [2.05, 4.69) is 18.1 Å². The van der Waals surface area contributed by atoms with Crippen molar-refractivity contribution in [3.63, 3.8) is 0 Å². The molecule has 7 unspecified atom stereocenters. The van der Waals surface area contributed by atoms with Crippen LogP contribution in [0.15, 0.2) is 0 Å². The van der Waals surface area contributed by atoms with Crippen molar-refractivity contribution in [2.24, 2.45) is 5.73 Å². The summed E-state index contributed by atoms with van der Waals surface area (Å²) in [6.45, 7) is 0. The monoisotopic (exact) mass is 491 g/mol. The van der Waals surface area contributed by atoms with E-state index in [-0.39, 0.29) is 11.5 Å². The van der Waals surface area contributed by atoms with Crippen molar-refractivity contribution >= 4 is 35.1 Å². The van der Waals surface area contributed by atoms with Gasteiger partial charge in [-0.25, -0.2) is 9.29 Å². The van der Waals surface area contributed by atoms with Crippen LogP contribution in [0.3, 0.4) is 0 Å². The summed E-state index contributed by atoms with van der Waals surface area (Å²) in [5.41, 5.74) is 10.7. The molecule has 0 spiro atoms. The molecular formula is C9H12N5O13P3-4. The summed E-state index contributed by atoms with van der Waals surface area (Å²) in [6, 6.07) is 0. The second kappa shape index (κ2) is 7.43. The van der Waals surface area contributed by atoms with Crippen molar-refractivity contribution in [3.8, 4) is 0 Å². The molecule has 21 heteroatoms. The third kappa shape index (κ3) is 4.37. The molecule has 2 bridgehead atoms. The second-order valence-electron chi connectivity index (χ2n) is 5.99. The minimum atomic E-state index is -6.25. The molecule has 1 aromatic rings. The van der Waals surface area contributed by atoms with Gasteiger partial charge in [0.2, 0.25) is 0 Å². The van der Waals surface area contributed by atoms with Crippen molar-refractivity contribution in [1.82, 2.24) is 9.55 Å². The first-order chi connectivity index (χ1) is 13.5. The highest BCUT2D eigenvalue weighted by Crippen LogP contribution is 2.62. The number of nitrogen functional groups attached to an aromatic ring is 2. The second-order valence-corrected chi connectivity index (χ2v) is 10.2. The van der Waals surface area contributed by atoms with Gasteiger partial charge in [0, 0.05) is 0 Å². The average molecular weight is 491 g/mol. The molecule has 170 valence electrons. The van der Waals surface area contributed by atoms with E-state index in [4.69, 9.17) is 21.6 Å². The molecule has 0 amide bonds. The average Bonchev–Trinajstić information content (AvgIpc) is 2.99. The van der Waals surface area contributed by atoms with E-state index >= 15 is 0 Å². The van der Waals surface area contributed by atoms with E-state index in [1.54, 1.807) is 0 Å². The molecule has 3 rings (SSSR count). The van der Waals surface area contributed by atoms with Gasteiger partial charge in [0.15, 0.2) is 12.3 Å². The molecule has 0 aromatic carbocycles. The van der Waals surface area contributed by atoms with Crippen LogP contribution in [0.4, 0.5) is 5.82 Å². The van der Waals surface area contributed by atoms with Crippen molar-refractivity contribution in [2.75, 3.05) is 5.73 Å². The smallest absolute Gasteiger partial charge is 0.278 e. The van der Waals surface area contributed by atoms with Crippen molar-refractivity contribution in [2.45, 2.75) is 30.6 Å². The highest BCUT2D eigenvalue weighted by atomic mass is 31.3. The maximum Gasteiger partial charge on any atom is 0.278 e. The fourth-order valence-electron chi connectivity index (χ4n) is 2.95. The van der Waals surface area contributed by atoms with Gasteiger partial charge in [-0.05, 0) is 0 Å². The summed E-state index contributed by atoms with van der Waals surface area (Å²) in [5.74, 6) is -1.49. The molecule has 2 aliphatic heterocycles. The van der Waals surface area contributed by atoms with E-state index in [0.29, 0.717) is 0 Å². The first-order valence-electron chi connectivity index (χ1n) is 7.52. The largest absolute Gasteiger partial charge is 0.790 e. The van der Waals surface area contributed by atoms with E-state index in [9.17, 15) is 43.5 Å². The lowest BCUT2D eigenvalue weighted by atomic mass is 10.1. The number of aliphatic hydroxyl groups is 2. The molecule has 2 aliphatic rings. The van der Waals surface area contributed by atoms with Crippen molar-refractivity contribution < 1.29 is 61.4 Å². The lowest BCUT2D eigenvalue weighted by Crippen LogP contribution is -2.36. The topological polar surface area (TPSA) is 315 Å². The van der Waals surface area contributed by atoms with Gasteiger partial charge in [0.1, 0.15) is 41.5 Å². The van der Waals surface area contributed by atoms with Gasteiger partial charge in [-0.1, -0.05) is 0 Å². The maximum atomic E-state index is 12.0. The zero-order chi connectivity index (χ0) is 22.8. The molecule has 0 saturated carbocycles. The van der Waals surface area contributed by atoms with Gasteiger partial charge in [0.25, 0.3) is 15.6 Å². The molecule has 18 nitrogen and oxygen atoms in total. The molecular weight excluding hydrogens is 479 g/mol. The zero-order valence-electron chi connectivity index (χ0n) is 14.2. The van der Waals surface area contributed by atoms with Gasteiger partial charge < -0.3 is 55.1 Å². The Balaban J connectivity index is 1.97. The van der Waals surface area contributed by atoms with Crippen LogP contribution in [-0.4, -0.2) is 43.9 Å².